The highest BCUT2D eigenvalue weighted by atomic mass is 16.5. The molecule has 0 amide bonds. The van der Waals surface area contributed by atoms with Crippen LogP contribution in [0.4, 0.5) is 0 Å². The molecule has 5 heteroatoms. The lowest BCUT2D eigenvalue weighted by Crippen LogP contribution is -2.15. The first-order valence-corrected chi connectivity index (χ1v) is 6.19. The second kappa shape index (κ2) is 5.75. The van der Waals surface area contributed by atoms with Crippen LogP contribution in [0.25, 0.3) is 0 Å². The van der Waals surface area contributed by atoms with E-state index in [0.29, 0.717) is 23.7 Å². The molecule has 1 aromatic rings. The van der Waals surface area contributed by atoms with Crippen molar-refractivity contribution in [2.45, 2.75) is 25.9 Å². The summed E-state index contributed by atoms with van der Waals surface area (Å²) in [4.78, 5) is 10.8. The summed E-state index contributed by atoms with van der Waals surface area (Å²) >= 11 is 0. The van der Waals surface area contributed by atoms with E-state index in [4.69, 9.17) is 14.6 Å². The van der Waals surface area contributed by atoms with Gasteiger partial charge in [-0.05, 0) is 30.7 Å². The minimum atomic E-state index is -1.20. The summed E-state index contributed by atoms with van der Waals surface area (Å²) < 4.78 is 10.7. The number of aliphatic hydroxyl groups excluding tert-OH is 1. The van der Waals surface area contributed by atoms with Gasteiger partial charge in [-0.2, -0.15) is 0 Å². The van der Waals surface area contributed by atoms with Crippen molar-refractivity contribution in [2.75, 3.05) is 6.61 Å². The van der Waals surface area contributed by atoms with Crippen LogP contribution in [0.3, 0.4) is 0 Å². The Labute approximate surface area is 111 Å². The topological polar surface area (TPSA) is 76.0 Å². The zero-order valence-electron chi connectivity index (χ0n) is 10.6. The predicted octanol–water partition coefficient (Wildman–Crippen LogP) is 2.26. The maximum atomic E-state index is 10.8. The van der Waals surface area contributed by atoms with Crippen LogP contribution in [0.5, 0.6) is 11.5 Å². The van der Waals surface area contributed by atoms with Crippen LogP contribution in [0.2, 0.25) is 0 Å². The van der Waals surface area contributed by atoms with Gasteiger partial charge in [0.2, 0.25) is 5.76 Å². The van der Waals surface area contributed by atoms with Crippen molar-refractivity contribution in [3.63, 3.8) is 0 Å². The van der Waals surface area contributed by atoms with Crippen LogP contribution in [0, 0.1) is 0 Å². The molecular formula is C14H16O5. The van der Waals surface area contributed by atoms with Gasteiger partial charge in [-0.3, -0.25) is 0 Å². The van der Waals surface area contributed by atoms with E-state index in [2.05, 4.69) is 6.92 Å². The maximum Gasteiger partial charge on any atom is 0.371 e. The molecule has 0 fully saturated rings. The summed E-state index contributed by atoms with van der Waals surface area (Å²) in [5, 5.41) is 18.8. The number of aliphatic hydroxyl groups is 1. The molecule has 1 aliphatic heterocycles. The standard InChI is InChI=1S/C14H16O5/c1-2-3-6-18-9-4-5-12-10(7-9)11(15)8-13(19-12)14(16)17/h4-5,7-8,11,15H,2-3,6H2,1H3,(H,16,17). The Morgan fingerprint density at radius 3 is 2.95 bits per heavy atom. The van der Waals surface area contributed by atoms with Crippen molar-refractivity contribution in [3.05, 3.63) is 35.6 Å². The van der Waals surface area contributed by atoms with E-state index < -0.39 is 12.1 Å². The van der Waals surface area contributed by atoms with Crippen molar-refractivity contribution < 1.29 is 24.5 Å². The van der Waals surface area contributed by atoms with E-state index in [-0.39, 0.29) is 5.76 Å². The van der Waals surface area contributed by atoms with Crippen LogP contribution in [0.15, 0.2) is 30.0 Å². The summed E-state index contributed by atoms with van der Waals surface area (Å²) in [6, 6.07) is 4.98. The molecule has 1 unspecified atom stereocenters. The Kier molecular flexibility index (Phi) is 4.06. The summed E-state index contributed by atoms with van der Waals surface area (Å²) in [6.07, 6.45) is 2.17. The first kappa shape index (κ1) is 13.4. The van der Waals surface area contributed by atoms with Crippen LogP contribution < -0.4 is 9.47 Å². The molecule has 0 bridgehead atoms. The third-order valence-electron chi connectivity index (χ3n) is 2.81. The molecule has 0 aliphatic carbocycles. The molecule has 2 rings (SSSR count). The van der Waals surface area contributed by atoms with Gasteiger partial charge in [-0.25, -0.2) is 4.79 Å². The van der Waals surface area contributed by atoms with Gasteiger partial charge in [0.05, 0.1) is 6.61 Å². The molecule has 1 aromatic carbocycles. The van der Waals surface area contributed by atoms with Crippen molar-refractivity contribution in [1.82, 2.24) is 0 Å². The van der Waals surface area contributed by atoms with E-state index in [0.717, 1.165) is 12.8 Å². The molecule has 0 saturated heterocycles. The molecule has 0 aromatic heterocycles. The number of hydrogen-bond acceptors (Lipinski definition) is 4. The third kappa shape index (κ3) is 3.06. The lowest BCUT2D eigenvalue weighted by Gasteiger charge is -2.20. The first-order chi connectivity index (χ1) is 9.11. The summed E-state index contributed by atoms with van der Waals surface area (Å²) in [6.45, 7) is 2.69. The molecule has 0 spiro atoms. The molecule has 1 heterocycles. The van der Waals surface area contributed by atoms with Gasteiger partial charge in [0.25, 0.3) is 0 Å². The lowest BCUT2D eigenvalue weighted by molar-refractivity contribution is -0.135. The van der Waals surface area contributed by atoms with E-state index in [9.17, 15) is 9.90 Å². The number of aliphatic carboxylic acids is 1. The SMILES string of the molecule is CCCCOc1ccc2c(c1)C(O)C=C(C(=O)O)O2. The van der Waals surface area contributed by atoms with Crippen molar-refractivity contribution in [1.29, 1.82) is 0 Å². The number of benzene rings is 1. The average molecular weight is 264 g/mol. The Morgan fingerprint density at radius 1 is 1.47 bits per heavy atom. The van der Waals surface area contributed by atoms with Gasteiger partial charge >= 0.3 is 5.97 Å². The molecule has 1 atom stereocenters. The van der Waals surface area contributed by atoms with Crippen molar-refractivity contribution in [3.8, 4) is 11.5 Å². The molecule has 0 radical (unpaired) electrons. The maximum absolute atomic E-state index is 10.8. The fourth-order valence-corrected chi connectivity index (χ4v) is 1.78. The Hall–Kier alpha value is -2.01. The highest BCUT2D eigenvalue weighted by Crippen LogP contribution is 2.35. The van der Waals surface area contributed by atoms with Crippen LogP contribution in [0.1, 0.15) is 31.4 Å². The van der Waals surface area contributed by atoms with Crippen molar-refractivity contribution >= 4 is 5.97 Å². The Bertz CT molecular complexity index is 507. The highest BCUT2D eigenvalue weighted by Gasteiger charge is 2.24. The lowest BCUT2D eigenvalue weighted by atomic mass is 10.0. The largest absolute Gasteiger partial charge is 0.494 e. The van der Waals surface area contributed by atoms with Gasteiger partial charge in [-0.15, -0.1) is 0 Å². The van der Waals surface area contributed by atoms with E-state index in [1.165, 1.54) is 6.08 Å². The molecule has 19 heavy (non-hydrogen) atoms. The normalized spacial score (nSPS) is 17.2. The zero-order chi connectivity index (χ0) is 13.8. The predicted molar refractivity (Wildman–Crippen MR) is 68.2 cm³/mol. The fraction of sp³-hybridized carbons (Fsp3) is 0.357. The zero-order valence-corrected chi connectivity index (χ0v) is 10.6. The van der Waals surface area contributed by atoms with Gasteiger partial charge in [0.1, 0.15) is 17.6 Å². The number of carboxylic acids is 1. The summed E-state index contributed by atoms with van der Waals surface area (Å²) in [7, 11) is 0. The van der Waals surface area contributed by atoms with Crippen molar-refractivity contribution in [2.24, 2.45) is 0 Å². The Morgan fingerprint density at radius 2 is 2.26 bits per heavy atom. The number of rotatable bonds is 5. The van der Waals surface area contributed by atoms with Gasteiger partial charge in [-0.1, -0.05) is 13.3 Å². The van der Waals surface area contributed by atoms with E-state index >= 15 is 0 Å². The van der Waals surface area contributed by atoms with Gasteiger partial charge < -0.3 is 19.7 Å². The van der Waals surface area contributed by atoms with Gasteiger partial charge in [0, 0.05) is 5.56 Å². The molecule has 5 nitrogen and oxygen atoms in total. The number of fused-ring (bicyclic) bond motifs is 1. The van der Waals surface area contributed by atoms with Crippen LogP contribution in [-0.4, -0.2) is 22.8 Å². The Balaban J connectivity index is 2.16. The number of ether oxygens (including phenoxy) is 2. The first-order valence-electron chi connectivity index (χ1n) is 6.19. The molecule has 2 N–H and O–H groups in total. The monoisotopic (exact) mass is 264 g/mol. The summed E-state index contributed by atoms with van der Waals surface area (Å²) in [5.41, 5.74) is 0.513. The van der Waals surface area contributed by atoms with Crippen LogP contribution in [-0.2, 0) is 4.79 Å². The number of carboxylic acid groups (broad SMARTS) is 1. The smallest absolute Gasteiger partial charge is 0.371 e. The van der Waals surface area contributed by atoms with Crippen LogP contribution >= 0.6 is 0 Å². The summed E-state index contributed by atoms with van der Waals surface area (Å²) in [5.74, 6) is -0.482. The number of carbonyl (C=O) groups is 1. The number of hydrogen-bond donors (Lipinski definition) is 2. The molecular weight excluding hydrogens is 248 g/mol. The second-order valence-corrected chi connectivity index (χ2v) is 4.28. The van der Waals surface area contributed by atoms with E-state index in [1.807, 2.05) is 0 Å². The minimum absolute atomic E-state index is 0.264. The van der Waals surface area contributed by atoms with Gasteiger partial charge in [0.15, 0.2) is 0 Å². The minimum Gasteiger partial charge on any atom is -0.494 e. The quantitative estimate of drug-likeness (QED) is 0.798. The molecule has 0 saturated carbocycles. The van der Waals surface area contributed by atoms with E-state index in [1.54, 1.807) is 18.2 Å². The number of unbranched alkanes of at least 4 members (excludes halogenated alkanes) is 1. The average Bonchev–Trinajstić information content (AvgIpc) is 2.39. The highest BCUT2D eigenvalue weighted by molar-refractivity contribution is 5.85. The molecule has 102 valence electrons. The second-order valence-electron chi connectivity index (χ2n) is 4.28. The third-order valence-corrected chi connectivity index (χ3v) is 2.81. The molecule has 1 aliphatic rings. The fourth-order valence-electron chi connectivity index (χ4n) is 1.78.